The van der Waals surface area contributed by atoms with Crippen molar-refractivity contribution in [1.82, 2.24) is 4.57 Å². The standard InChI is InChI=1S/C18H20BrNO2/c1-5-15-16(19)13(4)20(17(15)18(21)22-6-2)11-14-9-7-12(3)8-10-14/h5,7-10H,1,6,11H2,2-4H3. The smallest absolute Gasteiger partial charge is 0.355 e. The molecule has 1 aromatic heterocycles. The molecule has 4 heteroatoms. The number of aromatic nitrogens is 1. The fraction of sp³-hybridized carbons (Fsp3) is 0.278. The molecule has 0 N–H and O–H groups in total. The summed E-state index contributed by atoms with van der Waals surface area (Å²) in [4.78, 5) is 12.3. The van der Waals surface area contributed by atoms with Crippen molar-refractivity contribution in [1.29, 1.82) is 0 Å². The average molecular weight is 362 g/mol. The Morgan fingerprint density at radius 3 is 2.50 bits per heavy atom. The van der Waals surface area contributed by atoms with Crippen LogP contribution in [0.2, 0.25) is 0 Å². The molecule has 1 heterocycles. The van der Waals surface area contributed by atoms with E-state index < -0.39 is 0 Å². The van der Waals surface area contributed by atoms with E-state index in [4.69, 9.17) is 4.74 Å². The normalized spacial score (nSPS) is 10.5. The predicted molar refractivity (Wildman–Crippen MR) is 93.2 cm³/mol. The summed E-state index contributed by atoms with van der Waals surface area (Å²) in [5.41, 5.74) is 4.66. The second-order valence-corrected chi connectivity index (χ2v) is 5.95. The molecule has 1 aromatic carbocycles. The Morgan fingerprint density at radius 1 is 1.32 bits per heavy atom. The Balaban J connectivity index is 2.51. The first-order valence-corrected chi connectivity index (χ1v) is 8.02. The number of aryl methyl sites for hydroxylation is 1. The summed E-state index contributed by atoms with van der Waals surface area (Å²) in [5.74, 6) is -0.321. The highest BCUT2D eigenvalue weighted by molar-refractivity contribution is 9.10. The second-order valence-electron chi connectivity index (χ2n) is 5.16. The number of nitrogens with zero attached hydrogens (tertiary/aromatic N) is 1. The second kappa shape index (κ2) is 6.97. The summed E-state index contributed by atoms with van der Waals surface area (Å²) in [6.45, 7) is 10.6. The lowest BCUT2D eigenvalue weighted by atomic mass is 10.1. The third kappa shape index (κ3) is 3.17. The molecule has 0 aliphatic heterocycles. The number of carbonyl (C=O) groups is 1. The molecule has 2 aromatic rings. The molecule has 0 radical (unpaired) electrons. The van der Waals surface area contributed by atoms with E-state index >= 15 is 0 Å². The van der Waals surface area contributed by atoms with Gasteiger partial charge in [-0.25, -0.2) is 4.79 Å². The Kier molecular flexibility index (Phi) is 5.24. The van der Waals surface area contributed by atoms with Gasteiger partial charge in [-0.15, -0.1) is 0 Å². The van der Waals surface area contributed by atoms with E-state index in [-0.39, 0.29) is 5.97 Å². The van der Waals surface area contributed by atoms with Crippen molar-refractivity contribution in [2.45, 2.75) is 27.3 Å². The predicted octanol–water partition coefficient (Wildman–Crippen LogP) is 4.74. The van der Waals surface area contributed by atoms with Gasteiger partial charge in [-0.05, 0) is 42.3 Å². The van der Waals surface area contributed by atoms with Crippen molar-refractivity contribution in [3.05, 3.63) is 63.4 Å². The first-order chi connectivity index (χ1) is 10.5. The Hall–Kier alpha value is -1.81. The van der Waals surface area contributed by atoms with E-state index in [2.05, 4.69) is 53.7 Å². The number of halogens is 1. The van der Waals surface area contributed by atoms with Gasteiger partial charge in [0.15, 0.2) is 0 Å². The summed E-state index contributed by atoms with van der Waals surface area (Å²) in [7, 11) is 0. The first-order valence-electron chi connectivity index (χ1n) is 7.23. The highest BCUT2D eigenvalue weighted by atomic mass is 79.9. The SMILES string of the molecule is C=Cc1c(Br)c(C)n(Cc2ccc(C)cc2)c1C(=O)OCC. The summed E-state index contributed by atoms with van der Waals surface area (Å²) in [6, 6.07) is 8.29. The Labute approximate surface area is 139 Å². The molecule has 0 spiro atoms. The monoisotopic (exact) mass is 361 g/mol. The zero-order chi connectivity index (χ0) is 16.3. The number of esters is 1. The minimum atomic E-state index is -0.321. The number of benzene rings is 1. The van der Waals surface area contributed by atoms with Gasteiger partial charge in [0.2, 0.25) is 0 Å². The molecule has 0 aliphatic carbocycles. The summed E-state index contributed by atoms with van der Waals surface area (Å²) in [5, 5.41) is 0. The quantitative estimate of drug-likeness (QED) is 0.720. The highest BCUT2D eigenvalue weighted by Crippen LogP contribution is 2.30. The van der Waals surface area contributed by atoms with Crippen molar-refractivity contribution in [2.75, 3.05) is 6.61 Å². The van der Waals surface area contributed by atoms with Gasteiger partial charge in [0.25, 0.3) is 0 Å². The molecule has 3 nitrogen and oxygen atoms in total. The Bertz CT molecular complexity index is 699. The molecule has 2 rings (SSSR count). The van der Waals surface area contributed by atoms with Gasteiger partial charge in [0, 0.05) is 22.3 Å². The zero-order valence-electron chi connectivity index (χ0n) is 13.1. The van der Waals surface area contributed by atoms with Gasteiger partial charge in [-0.2, -0.15) is 0 Å². The topological polar surface area (TPSA) is 31.2 Å². The van der Waals surface area contributed by atoms with Crippen molar-refractivity contribution in [3.63, 3.8) is 0 Å². The van der Waals surface area contributed by atoms with E-state index in [1.165, 1.54) is 5.56 Å². The van der Waals surface area contributed by atoms with Crippen LogP contribution in [-0.4, -0.2) is 17.1 Å². The minimum absolute atomic E-state index is 0.321. The molecule has 0 unspecified atom stereocenters. The van der Waals surface area contributed by atoms with Crippen LogP contribution in [0.15, 0.2) is 35.3 Å². The molecule has 22 heavy (non-hydrogen) atoms. The minimum Gasteiger partial charge on any atom is -0.461 e. The summed E-state index contributed by atoms with van der Waals surface area (Å²) < 4.78 is 8.07. The molecule has 0 atom stereocenters. The third-order valence-corrected chi connectivity index (χ3v) is 4.62. The molecule has 0 fully saturated rings. The van der Waals surface area contributed by atoms with Crippen molar-refractivity contribution in [3.8, 4) is 0 Å². The molecule has 0 saturated carbocycles. The number of hydrogen-bond acceptors (Lipinski definition) is 2. The fourth-order valence-electron chi connectivity index (χ4n) is 2.41. The highest BCUT2D eigenvalue weighted by Gasteiger charge is 2.23. The number of hydrogen-bond donors (Lipinski definition) is 0. The lowest BCUT2D eigenvalue weighted by Crippen LogP contribution is -2.15. The van der Waals surface area contributed by atoms with Crippen LogP contribution in [0.4, 0.5) is 0 Å². The maximum atomic E-state index is 12.3. The first kappa shape index (κ1) is 16.6. The van der Waals surface area contributed by atoms with Gasteiger partial charge in [0.1, 0.15) is 5.69 Å². The van der Waals surface area contributed by atoms with Crippen LogP contribution in [0, 0.1) is 13.8 Å². The lowest BCUT2D eigenvalue weighted by molar-refractivity contribution is 0.0514. The largest absolute Gasteiger partial charge is 0.461 e. The summed E-state index contributed by atoms with van der Waals surface area (Å²) >= 11 is 3.56. The van der Waals surface area contributed by atoms with Gasteiger partial charge in [-0.3, -0.25) is 0 Å². The van der Waals surface area contributed by atoms with E-state index in [0.717, 1.165) is 21.3 Å². The van der Waals surface area contributed by atoms with Gasteiger partial charge >= 0.3 is 5.97 Å². The van der Waals surface area contributed by atoms with Crippen molar-refractivity contribution in [2.24, 2.45) is 0 Å². The molecule has 0 saturated heterocycles. The van der Waals surface area contributed by atoms with E-state index in [9.17, 15) is 4.79 Å². The van der Waals surface area contributed by atoms with Crippen LogP contribution in [0.1, 0.15) is 39.8 Å². The van der Waals surface area contributed by atoms with Gasteiger partial charge in [-0.1, -0.05) is 42.5 Å². The molecular weight excluding hydrogens is 342 g/mol. The fourth-order valence-corrected chi connectivity index (χ4v) is 2.97. The lowest BCUT2D eigenvalue weighted by Gasteiger charge is -2.12. The molecule has 116 valence electrons. The van der Waals surface area contributed by atoms with Crippen LogP contribution in [0.3, 0.4) is 0 Å². The van der Waals surface area contributed by atoms with Crippen LogP contribution in [-0.2, 0) is 11.3 Å². The number of carbonyl (C=O) groups excluding carboxylic acids is 1. The van der Waals surface area contributed by atoms with Gasteiger partial charge in [0.05, 0.1) is 6.61 Å². The maximum Gasteiger partial charge on any atom is 0.355 e. The van der Waals surface area contributed by atoms with Crippen molar-refractivity contribution < 1.29 is 9.53 Å². The van der Waals surface area contributed by atoms with E-state index in [1.54, 1.807) is 13.0 Å². The number of ether oxygens (including phenoxy) is 1. The van der Waals surface area contributed by atoms with Crippen LogP contribution in [0.5, 0.6) is 0 Å². The molecule has 0 bridgehead atoms. The van der Waals surface area contributed by atoms with Crippen LogP contribution < -0.4 is 0 Å². The maximum absolute atomic E-state index is 12.3. The van der Waals surface area contributed by atoms with Gasteiger partial charge < -0.3 is 9.30 Å². The van der Waals surface area contributed by atoms with Crippen LogP contribution >= 0.6 is 15.9 Å². The third-order valence-electron chi connectivity index (χ3n) is 3.62. The average Bonchev–Trinajstić information content (AvgIpc) is 2.74. The Morgan fingerprint density at radius 2 is 1.95 bits per heavy atom. The van der Waals surface area contributed by atoms with Crippen LogP contribution in [0.25, 0.3) is 6.08 Å². The van der Waals surface area contributed by atoms with E-state index in [0.29, 0.717) is 18.8 Å². The van der Waals surface area contributed by atoms with E-state index in [1.807, 2.05) is 11.5 Å². The number of rotatable bonds is 5. The molecular formula is C18H20BrNO2. The van der Waals surface area contributed by atoms with Crippen molar-refractivity contribution >= 4 is 28.0 Å². The molecule has 0 amide bonds. The molecule has 0 aliphatic rings. The summed E-state index contributed by atoms with van der Waals surface area (Å²) in [6.07, 6.45) is 1.69. The zero-order valence-corrected chi connectivity index (χ0v) is 14.7.